The van der Waals surface area contributed by atoms with E-state index in [4.69, 9.17) is 11.6 Å². The minimum Gasteiger partial charge on any atom is -0.321 e. The molecule has 3 rings (SSSR count). The zero-order chi connectivity index (χ0) is 15.7. The maximum Gasteiger partial charge on any atom is 0.277 e. The van der Waals surface area contributed by atoms with Crippen LogP contribution in [0.3, 0.4) is 0 Å². The molecule has 0 aliphatic carbocycles. The van der Waals surface area contributed by atoms with Crippen LogP contribution < -0.4 is 5.32 Å². The molecule has 5 heteroatoms. The molecular formula is C17H14ClN3O. The number of benzene rings is 2. The summed E-state index contributed by atoms with van der Waals surface area (Å²) in [6.07, 6.45) is 0. The lowest BCUT2D eigenvalue weighted by molar-refractivity contribution is 0.102. The van der Waals surface area contributed by atoms with E-state index < -0.39 is 0 Å². The van der Waals surface area contributed by atoms with Gasteiger partial charge in [0.2, 0.25) is 0 Å². The lowest BCUT2D eigenvalue weighted by Gasteiger charge is -2.08. The minimum absolute atomic E-state index is 0.0973. The number of halogens is 1. The molecule has 3 aromatic rings. The quantitative estimate of drug-likeness (QED) is 0.773. The SMILES string of the molecule is Cc1ccc(NC(=O)c2nc3ccccc3nc2Cl)cc1C. The Morgan fingerprint density at radius 2 is 1.68 bits per heavy atom. The fourth-order valence-electron chi connectivity index (χ4n) is 2.13. The summed E-state index contributed by atoms with van der Waals surface area (Å²) in [6, 6.07) is 13.0. The molecule has 1 heterocycles. The summed E-state index contributed by atoms with van der Waals surface area (Å²) in [4.78, 5) is 20.9. The van der Waals surface area contributed by atoms with Crippen molar-refractivity contribution >= 4 is 34.2 Å². The Bertz CT molecular complexity index is 877. The van der Waals surface area contributed by atoms with Crippen LogP contribution >= 0.6 is 11.6 Å². The van der Waals surface area contributed by atoms with Gasteiger partial charge in [0.05, 0.1) is 11.0 Å². The molecule has 0 spiro atoms. The maximum atomic E-state index is 12.4. The van der Waals surface area contributed by atoms with Gasteiger partial charge in [0, 0.05) is 5.69 Å². The van der Waals surface area contributed by atoms with Crippen LogP contribution in [0.4, 0.5) is 5.69 Å². The van der Waals surface area contributed by atoms with Crippen LogP contribution in [0.5, 0.6) is 0 Å². The molecule has 0 atom stereocenters. The number of fused-ring (bicyclic) bond motifs is 1. The Balaban J connectivity index is 1.94. The van der Waals surface area contributed by atoms with Gasteiger partial charge >= 0.3 is 0 Å². The van der Waals surface area contributed by atoms with E-state index in [0.29, 0.717) is 16.7 Å². The van der Waals surface area contributed by atoms with E-state index >= 15 is 0 Å². The molecule has 0 aliphatic heterocycles. The van der Waals surface area contributed by atoms with Crippen molar-refractivity contribution in [3.63, 3.8) is 0 Å². The second-order valence-electron chi connectivity index (χ2n) is 5.10. The zero-order valence-corrected chi connectivity index (χ0v) is 13.0. The molecule has 1 aromatic heterocycles. The summed E-state index contributed by atoms with van der Waals surface area (Å²) in [5.74, 6) is -0.369. The molecular weight excluding hydrogens is 298 g/mol. The average Bonchev–Trinajstić information content (AvgIpc) is 2.50. The first-order valence-corrected chi connectivity index (χ1v) is 7.23. The fourth-order valence-corrected chi connectivity index (χ4v) is 2.35. The second-order valence-corrected chi connectivity index (χ2v) is 5.46. The number of anilines is 1. The van der Waals surface area contributed by atoms with Gasteiger partial charge < -0.3 is 5.32 Å². The molecule has 0 bridgehead atoms. The molecule has 0 aliphatic rings. The van der Waals surface area contributed by atoms with Crippen molar-refractivity contribution in [2.24, 2.45) is 0 Å². The normalized spacial score (nSPS) is 10.7. The van der Waals surface area contributed by atoms with Crippen LogP contribution in [0.1, 0.15) is 21.6 Å². The van der Waals surface area contributed by atoms with Crippen molar-refractivity contribution in [1.82, 2.24) is 9.97 Å². The van der Waals surface area contributed by atoms with E-state index in [1.165, 1.54) is 5.56 Å². The maximum absolute atomic E-state index is 12.4. The highest BCUT2D eigenvalue weighted by molar-refractivity contribution is 6.33. The fraction of sp³-hybridized carbons (Fsp3) is 0.118. The Morgan fingerprint density at radius 1 is 1.00 bits per heavy atom. The molecule has 2 aromatic carbocycles. The van der Waals surface area contributed by atoms with Crippen LogP contribution in [0.25, 0.3) is 11.0 Å². The standard InChI is InChI=1S/C17H14ClN3O/c1-10-7-8-12(9-11(10)2)19-17(22)15-16(18)21-14-6-4-3-5-13(14)20-15/h3-9H,1-2H3,(H,19,22). The van der Waals surface area contributed by atoms with Crippen molar-refractivity contribution in [2.75, 3.05) is 5.32 Å². The van der Waals surface area contributed by atoms with E-state index in [1.807, 2.05) is 44.2 Å². The number of aryl methyl sites for hydroxylation is 2. The van der Waals surface area contributed by atoms with E-state index in [2.05, 4.69) is 15.3 Å². The summed E-state index contributed by atoms with van der Waals surface area (Å²) in [7, 11) is 0. The minimum atomic E-state index is -0.369. The summed E-state index contributed by atoms with van der Waals surface area (Å²) in [5, 5.41) is 2.90. The topological polar surface area (TPSA) is 54.9 Å². The zero-order valence-electron chi connectivity index (χ0n) is 12.2. The highest BCUT2D eigenvalue weighted by Gasteiger charge is 2.15. The molecule has 0 unspecified atom stereocenters. The number of rotatable bonds is 2. The van der Waals surface area contributed by atoms with E-state index in [1.54, 1.807) is 12.1 Å². The summed E-state index contributed by atoms with van der Waals surface area (Å²) in [5.41, 5.74) is 4.40. The Kier molecular flexibility index (Phi) is 3.77. The van der Waals surface area contributed by atoms with E-state index in [-0.39, 0.29) is 16.8 Å². The van der Waals surface area contributed by atoms with Crippen LogP contribution in [0, 0.1) is 13.8 Å². The molecule has 0 radical (unpaired) electrons. The largest absolute Gasteiger partial charge is 0.321 e. The first-order valence-electron chi connectivity index (χ1n) is 6.85. The molecule has 0 saturated heterocycles. The van der Waals surface area contributed by atoms with Gasteiger partial charge in [0.25, 0.3) is 5.91 Å². The molecule has 1 amide bonds. The number of nitrogens with one attached hydrogen (secondary N) is 1. The van der Waals surface area contributed by atoms with Crippen molar-refractivity contribution < 1.29 is 4.79 Å². The number of carbonyl (C=O) groups is 1. The lowest BCUT2D eigenvalue weighted by Crippen LogP contribution is -2.15. The number of hydrogen-bond donors (Lipinski definition) is 1. The van der Waals surface area contributed by atoms with Crippen LogP contribution in [0.15, 0.2) is 42.5 Å². The smallest absolute Gasteiger partial charge is 0.277 e. The Morgan fingerprint density at radius 3 is 2.36 bits per heavy atom. The lowest BCUT2D eigenvalue weighted by atomic mass is 10.1. The van der Waals surface area contributed by atoms with Gasteiger partial charge in [-0.2, -0.15) is 0 Å². The van der Waals surface area contributed by atoms with E-state index in [9.17, 15) is 4.79 Å². The molecule has 1 N–H and O–H groups in total. The highest BCUT2D eigenvalue weighted by atomic mass is 35.5. The van der Waals surface area contributed by atoms with Gasteiger partial charge in [-0.15, -0.1) is 0 Å². The first kappa shape index (κ1) is 14.5. The van der Waals surface area contributed by atoms with Crippen molar-refractivity contribution in [3.8, 4) is 0 Å². The van der Waals surface area contributed by atoms with Crippen molar-refractivity contribution in [2.45, 2.75) is 13.8 Å². The predicted octanol–water partition coefficient (Wildman–Crippen LogP) is 4.15. The third kappa shape index (κ3) is 2.78. The number of nitrogens with zero attached hydrogens (tertiary/aromatic N) is 2. The molecule has 0 fully saturated rings. The molecule has 0 saturated carbocycles. The molecule has 110 valence electrons. The van der Waals surface area contributed by atoms with Gasteiger partial charge in [-0.1, -0.05) is 29.8 Å². The summed E-state index contributed by atoms with van der Waals surface area (Å²) >= 11 is 6.09. The number of aromatic nitrogens is 2. The monoisotopic (exact) mass is 311 g/mol. The number of amides is 1. The number of hydrogen-bond acceptors (Lipinski definition) is 3. The average molecular weight is 312 g/mol. The van der Waals surface area contributed by atoms with Crippen LogP contribution in [0.2, 0.25) is 5.15 Å². The van der Waals surface area contributed by atoms with E-state index in [0.717, 1.165) is 5.56 Å². The summed E-state index contributed by atoms with van der Waals surface area (Å²) in [6.45, 7) is 4.01. The van der Waals surface area contributed by atoms with Gasteiger partial charge in [-0.25, -0.2) is 9.97 Å². The van der Waals surface area contributed by atoms with Gasteiger partial charge in [-0.3, -0.25) is 4.79 Å². The Hall–Kier alpha value is -2.46. The first-order chi connectivity index (χ1) is 10.5. The van der Waals surface area contributed by atoms with Crippen LogP contribution in [-0.4, -0.2) is 15.9 Å². The number of carbonyl (C=O) groups excluding carboxylic acids is 1. The van der Waals surface area contributed by atoms with Gasteiger partial charge in [0.1, 0.15) is 0 Å². The summed E-state index contributed by atoms with van der Waals surface area (Å²) < 4.78 is 0. The second kappa shape index (κ2) is 5.73. The predicted molar refractivity (Wildman–Crippen MR) is 88.4 cm³/mol. The Labute approximate surface area is 133 Å². The molecule has 4 nitrogen and oxygen atoms in total. The molecule has 22 heavy (non-hydrogen) atoms. The highest BCUT2D eigenvalue weighted by Crippen LogP contribution is 2.19. The van der Waals surface area contributed by atoms with Crippen molar-refractivity contribution in [3.05, 3.63) is 64.4 Å². The van der Waals surface area contributed by atoms with Crippen molar-refractivity contribution in [1.29, 1.82) is 0 Å². The number of para-hydroxylation sites is 2. The third-order valence-electron chi connectivity index (χ3n) is 3.51. The van der Waals surface area contributed by atoms with Crippen LogP contribution in [-0.2, 0) is 0 Å². The van der Waals surface area contributed by atoms with Gasteiger partial charge in [0.15, 0.2) is 10.8 Å². The van der Waals surface area contributed by atoms with Gasteiger partial charge in [-0.05, 0) is 49.2 Å². The third-order valence-corrected chi connectivity index (χ3v) is 3.77.